The van der Waals surface area contributed by atoms with Gasteiger partial charge in [-0.3, -0.25) is 28.8 Å². The van der Waals surface area contributed by atoms with Crippen molar-refractivity contribution in [3.05, 3.63) is 58.7 Å². The first-order chi connectivity index (χ1) is 17.6. The number of carbonyl (C=O) groups excluding carboxylic acids is 5. The molecule has 0 spiro atoms. The van der Waals surface area contributed by atoms with E-state index < -0.39 is 76.4 Å². The topological polar surface area (TPSA) is 222 Å². The molecule has 204 valence electrons. The molecule has 0 bridgehead atoms. The third kappa shape index (κ3) is 9.21. The number of esters is 2. The molecule has 1 aliphatic rings. The highest BCUT2D eigenvalue weighted by Crippen LogP contribution is 2.21. The van der Waals surface area contributed by atoms with Gasteiger partial charge in [0.15, 0.2) is 23.3 Å². The summed E-state index contributed by atoms with van der Waals surface area (Å²) in [4.78, 5) is 63.2. The molecule has 0 atom stereocenters. The predicted molar refractivity (Wildman–Crippen MR) is 120 cm³/mol. The van der Waals surface area contributed by atoms with E-state index in [4.69, 9.17) is 22.3 Å². The van der Waals surface area contributed by atoms with Gasteiger partial charge in [-0.1, -0.05) is 0 Å². The molecular weight excluding hydrogens is 524 g/mol. The van der Waals surface area contributed by atoms with Gasteiger partial charge in [-0.25, -0.2) is 17.6 Å². The summed E-state index contributed by atoms with van der Waals surface area (Å²) in [7, 11) is 0. The fourth-order valence-corrected chi connectivity index (χ4v) is 2.58. The number of benzene rings is 2. The Morgan fingerprint density at radius 3 is 1.68 bits per heavy atom. The molecule has 1 heterocycles. The van der Waals surface area contributed by atoms with Crippen LogP contribution in [0, 0.1) is 23.3 Å². The minimum atomic E-state index is -1.47. The zero-order chi connectivity index (χ0) is 29.2. The summed E-state index contributed by atoms with van der Waals surface area (Å²) < 4.78 is 55.6. The van der Waals surface area contributed by atoms with Crippen molar-refractivity contribution in [3.8, 4) is 0 Å². The highest BCUT2D eigenvalue weighted by molar-refractivity contribution is 6.03. The monoisotopic (exact) mass is 544 g/mol. The minimum Gasteiger partial charge on any atom is -0.481 e. The van der Waals surface area contributed by atoms with Gasteiger partial charge in [-0.05, 0) is 24.3 Å². The van der Waals surface area contributed by atoms with E-state index in [9.17, 15) is 46.3 Å². The maximum Gasteiger partial charge on any atom is 0.314 e. The van der Waals surface area contributed by atoms with Gasteiger partial charge in [0, 0.05) is 12.1 Å². The maximum absolute atomic E-state index is 13.4. The number of carboxylic acid groups (broad SMARTS) is 1. The molecule has 2 aromatic carbocycles. The van der Waals surface area contributed by atoms with Crippen molar-refractivity contribution in [2.75, 3.05) is 11.1 Å². The second-order valence-electron chi connectivity index (χ2n) is 7.13. The SMILES string of the molecule is NC(=O)c1c(N)ccc(F)c1F.NC(=O)c1c(NC(=O)CCC(=O)O)ccc(F)c1F.O=C1CCC(=O)O1. The fourth-order valence-electron chi connectivity index (χ4n) is 2.58. The van der Waals surface area contributed by atoms with Crippen LogP contribution < -0.4 is 22.5 Å². The molecule has 1 aliphatic heterocycles. The summed E-state index contributed by atoms with van der Waals surface area (Å²) in [6.07, 6.45) is -0.272. The highest BCUT2D eigenvalue weighted by Gasteiger charge is 2.20. The number of aliphatic carboxylic acids is 1. The predicted octanol–water partition coefficient (Wildman–Crippen LogP) is 1.36. The molecule has 1 saturated heterocycles. The average molecular weight is 544 g/mol. The Morgan fingerprint density at radius 1 is 0.816 bits per heavy atom. The van der Waals surface area contributed by atoms with Crippen molar-refractivity contribution in [3.63, 3.8) is 0 Å². The van der Waals surface area contributed by atoms with Crippen LogP contribution in [0.5, 0.6) is 0 Å². The van der Waals surface area contributed by atoms with E-state index in [2.05, 4.69) is 10.1 Å². The molecule has 8 N–H and O–H groups in total. The number of hydrogen-bond donors (Lipinski definition) is 5. The molecule has 38 heavy (non-hydrogen) atoms. The average Bonchev–Trinajstić information content (AvgIpc) is 3.20. The minimum absolute atomic E-state index is 0.165. The van der Waals surface area contributed by atoms with E-state index in [0.717, 1.165) is 18.2 Å². The largest absolute Gasteiger partial charge is 0.481 e. The molecule has 0 saturated carbocycles. The van der Waals surface area contributed by atoms with Gasteiger partial charge in [0.25, 0.3) is 11.8 Å². The summed E-state index contributed by atoms with van der Waals surface area (Å²) in [5.74, 6) is -10.3. The van der Waals surface area contributed by atoms with Gasteiger partial charge in [-0.2, -0.15) is 0 Å². The Morgan fingerprint density at radius 2 is 1.29 bits per heavy atom. The number of nitrogens with two attached hydrogens (primary N) is 3. The van der Waals surface area contributed by atoms with Crippen LogP contribution in [0.3, 0.4) is 0 Å². The van der Waals surface area contributed by atoms with E-state index >= 15 is 0 Å². The first-order valence-electron chi connectivity index (χ1n) is 10.2. The molecule has 1 fully saturated rings. The van der Waals surface area contributed by atoms with Crippen molar-refractivity contribution in [2.24, 2.45) is 11.5 Å². The molecule has 0 aromatic heterocycles. The maximum atomic E-state index is 13.4. The van der Waals surface area contributed by atoms with E-state index in [1.807, 2.05) is 0 Å². The van der Waals surface area contributed by atoms with Crippen molar-refractivity contribution in [1.82, 2.24) is 0 Å². The van der Waals surface area contributed by atoms with Crippen LogP contribution in [0.4, 0.5) is 28.9 Å². The number of hydrogen-bond acceptors (Lipinski definition) is 8. The zero-order valence-electron chi connectivity index (χ0n) is 19.2. The molecule has 0 radical (unpaired) electrons. The zero-order valence-corrected chi connectivity index (χ0v) is 19.2. The van der Waals surface area contributed by atoms with Crippen molar-refractivity contribution >= 4 is 47.0 Å². The number of rotatable bonds is 6. The van der Waals surface area contributed by atoms with Crippen molar-refractivity contribution in [1.29, 1.82) is 0 Å². The smallest absolute Gasteiger partial charge is 0.314 e. The van der Waals surface area contributed by atoms with Gasteiger partial charge < -0.3 is 32.4 Å². The van der Waals surface area contributed by atoms with Gasteiger partial charge >= 0.3 is 17.9 Å². The van der Waals surface area contributed by atoms with Crippen LogP contribution in [-0.4, -0.2) is 40.7 Å². The Labute approximate surface area is 210 Å². The van der Waals surface area contributed by atoms with E-state index in [1.165, 1.54) is 0 Å². The number of nitrogens with one attached hydrogen (secondary N) is 1. The lowest BCUT2D eigenvalue weighted by Gasteiger charge is -2.09. The Hall–Kier alpha value is -5.02. The first kappa shape index (κ1) is 31.0. The molecule has 3 amide bonds. The fraction of sp³-hybridized carbons (Fsp3) is 0.182. The van der Waals surface area contributed by atoms with Crippen molar-refractivity contribution < 1.29 is 56.2 Å². The number of ether oxygens (including phenoxy) is 1. The number of cyclic esters (lactones) is 2. The Balaban J connectivity index is 0.000000321. The lowest BCUT2D eigenvalue weighted by Crippen LogP contribution is -2.20. The normalized spacial score (nSPS) is 11.8. The quantitative estimate of drug-likeness (QED) is 0.153. The third-order valence-corrected chi connectivity index (χ3v) is 4.32. The summed E-state index contributed by atoms with van der Waals surface area (Å²) in [5, 5.41) is 10.5. The molecule has 2 aromatic rings. The van der Waals surface area contributed by atoms with Gasteiger partial charge in [-0.15, -0.1) is 0 Å². The second kappa shape index (κ2) is 13.9. The van der Waals surface area contributed by atoms with Crippen LogP contribution >= 0.6 is 0 Å². The number of primary amides is 2. The molecular formula is C22H20F4N4O8. The number of carbonyl (C=O) groups is 6. The summed E-state index contributed by atoms with van der Waals surface area (Å²) in [5.41, 5.74) is 13.0. The number of carboxylic acids is 1. The number of halogens is 4. The Bertz CT molecular complexity index is 1270. The van der Waals surface area contributed by atoms with Gasteiger partial charge in [0.1, 0.15) is 11.1 Å². The summed E-state index contributed by atoms with van der Waals surface area (Å²) >= 11 is 0. The van der Waals surface area contributed by atoms with Crippen molar-refractivity contribution in [2.45, 2.75) is 25.7 Å². The number of anilines is 2. The van der Waals surface area contributed by atoms with E-state index in [0.29, 0.717) is 6.07 Å². The lowest BCUT2D eigenvalue weighted by atomic mass is 10.1. The standard InChI is InChI=1S/C11H10F2N2O4.C7H6F2N2O.C4H4O3/c12-5-1-2-6(9(10(5)13)11(14)19)15-7(16)3-4-8(17)18;8-3-1-2-4(10)5(6(3)9)7(11)12;5-3-1-2-4(6)7-3/h1-2H,3-4H2,(H2,14,19)(H,15,16)(H,17,18);1-2H,10H2,(H2,11,12);1-2H2. The molecule has 16 heteroatoms. The van der Waals surface area contributed by atoms with Gasteiger partial charge in [0.05, 0.1) is 24.9 Å². The van der Waals surface area contributed by atoms with E-state index in [-0.39, 0.29) is 30.6 Å². The molecule has 0 unspecified atom stereocenters. The first-order valence-corrected chi connectivity index (χ1v) is 10.2. The highest BCUT2D eigenvalue weighted by atomic mass is 19.2. The number of amides is 3. The van der Waals surface area contributed by atoms with Crippen LogP contribution in [0.1, 0.15) is 46.4 Å². The summed E-state index contributed by atoms with van der Waals surface area (Å²) in [6, 6.07) is 3.60. The molecule has 0 aliphatic carbocycles. The lowest BCUT2D eigenvalue weighted by molar-refractivity contribution is -0.152. The van der Waals surface area contributed by atoms with Gasteiger partial charge in [0.2, 0.25) is 5.91 Å². The molecule has 12 nitrogen and oxygen atoms in total. The summed E-state index contributed by atoms with van der Waals surface area (Å²) in [6.45, 7) is 0. The van der Waals surface area contributed by atoms with Crippen LogP contribution in [-0.2, 0) is 23.9 Å². The van der Waals surface area contributed by atoms with Crippen LogP contribution in [0.2, 0.25) is 0 Å². The van der Waals surface area contributed by atoms with E-state index in [1.54, 1.807) is 0 Å². The molecule has 3 rings (SSSR count). The second-order valence-corrected chi connectivity index (χ2v) is 7.13. The van der Waals surface area contributed by atoms with Crippen LogP contribution in [0.15, 0.2) is 24.3 Å². The Kier molecular flexibility index (Phi) is 11.3. The van der Waals surface area contributed by atoms with Crippen LogP contribution in [0.25, 0.3) is 0 Å². The third-order valence-electron chi connectivity index (χ3n) is 4.32. The number of nitrogen functional groups attached to an aromatic ring is 1.